The van der Waals surface area contributed by atoms with E-state index in [9.17, 15) is 9.59 Å². The van der Waals surface area contributed by atoms with Gasteiger partial charge >= 0.3 is 0 Å². The molecular weight excluding hydrogens is 334 g/mol. The van der Waals surface area contributed by atoms with Crippen molar-refractivity contribution in [1.82, 2.24) is 4.98 Å². The second kappa shape index (κ2) is 6.35. The predicted octanol–water partition coefficient (Wildman–Crippen LogP) is 3.92. The van der Waals surface area contributed by atoms with Crippen LogP contribution in [0, 0.1) is 13.8 Å². The van der Waals surface area contributed by atoms with Crippen LogP contribution in [-0.2, 0) is 0 Å². The average molecular weight is 347 g/mol. The van der Waals surface area contributed by atoms with Crippen LogP contribution in [-0.4, -0.2) is 16.8 Å². The first kappa shape index (κ1) is 15.4. The highest BCUT2D eigenvalue weighted by Crippen LogP contribution is 2.28. The third-order valence-electron chi connectivity index (χ3n) is 2.95. The lowest BCUT2D eigenvalue weighted by molar-refractivity contribution is 0.0995. The van der Waals surface area contributed by atoms with Gasteiger partial charge in [-0.1, -0.05) is 0 Å². The van der Waals surface area contributed by atoms with Crippen LogP contribution < -0.4 is 10.6 Å². The molecule has 0 unspecified atom stereocenters. The zero-order valence-electron chi connectivity index (χ0n) is 12.4. The van der Waals surface area contributed by atoms with E-state index in [1.165, 1.54) is 28.9 Å². The molecule has 0 spiro atoms. The van der Waals surface area contributed by atoms with Crippen molar-refractivity contribution >= 4 is 44.6 Å². The highest BCUT2D eigenvalue weighted by atomic mass is 32.1. The van der Waals surface area contributed by atoms with Crippen molar-refractivity contribution in [3.63, 3.8) is 0 Å². The number of aryl methyl sites for hydroxylation is 2. The number of nitrogens with zero attached hydrogens (tertiary/aromatic N) is 1. The van der Waals surface area contributed by atoms with E-state index in [1.807, 2.05) is 19.2 Å². The Morgan fingerprint density at radius 2 is 2.04 bits per heavy atom. The number of carbonyl (C=O) groups is 2. The quantitative estimate of drug-likeness (QED) is 0.749. The Labute approximate surface area is 140 Å². The molecule has 0 saturated heterocycles. The van der Waals surface area contributed by atoms with E-state index >= 15 is 0 Å². The van der Waals surface area contributed by atoms with Gasteiger partial charge in [-0.15, -0.1) is 22.7 Å². The van der Waals surface area contributed by atoms with Crippen LogP contribution in [0.1, 0.15) is 31.5 Å². The second-order valence-electron chi connectivity index (χ2n) is 4.80. The van der Waals surface area contributed by atoms with Crippen molar-refractivity contribution in [2.75, 3.05) is 10.6 Å². The minimum absolute atomic E-state index is 0.223. The number of amides is 2. The molecule has 3 heterocycles. The number of thiophene rings is 1. The molecule has 8 heteroatoms. The smallest absolute Gasteiger partial charge is 0.291 e. The number of carbonyl (C=O) groups excluding carboxylic acids is 2. The molecule has 0 radical (unpaired) electrons. The number of rotatable bonds is 4. The fourth-order valence-corrected chi connectivity index (χ4v) is 3.56. The minimum Gasteiger partial charge on any atom is -0.459 e. The molecule has 0 aliphatic heterocycles. The maximum absolute atomic E-state index is 12.3. The van der Waals surface area contributed by atoms with E-state index in [1.54, 1.807) is 18.2 Å². The number of aromatic nitrogens is 1. The molecule has 3 aromatic heterocycles. The first-order valence-electron chi connectivity index (χ1n) is 6.71. The lowest BCUT2D eigenvalue weighted by atomic mass is 10.3. The average Bonchev–Trinajstić information content (AvgIpc) is 3.21. The van der Waals surface area contributed by atoms with Crippen LogP contribution in [0.4, 0.5) is 10.1 Å². The third-order valence-corrected chi connectivity index (χ3v) is 4.97. The number of furan rings is 1. The van der Waals surface area contributed by atoms with Crippen molar-refractivity contribution in [1.29, 1.82) is 0 Å². The Kier molecular flexibility index (Phi) is 4.26. The molecule has 0 aromatic carbocycles. The minimum atomic E-state index is -0.348. The Morgan fingerprint density at radius 1 is 1.22 bits per heavy atom. The second-order valence-corrected chi connectivity index (χ2v) is 6.71. The van der Waals surface area contributed by atoms with Crippen molar-refractivity contribution in [3.05, 3.63) is 51.7 Å². The van der Waals surface area contributed by atoms with Crippen LogP contribution in [0.2, 0.25) is 0 Å². The highest BCUT2D eigenvalue weighted by Gasteiger charge is 2.17. The SMILES string of the molecule is Cc1csc(NC(=O)c2sc(NC(=O)c3ccco3)cc2C)n1. The molecule has 2 amide bonds. The van der Waals surface area contributed by atoms with Gasteiger partial charge in [0, 0.05) is 5.38 Å². The van der Waals surface area contributed by atoms with Gasteiger partial charge in [0.2, 0.25) is 0 Å². The van der Waals surface area contributed by atoms with Crippen LogP contribution in [0.25, 0.3) is 0 Å². The number of hydrogen-bond acceptors (Lipinski definition) is 6. The van der Waals surface area contributed by atoms with Gasteiger partial charge in [-0.3, -0.25) is 14.9 Å². The number of nitrogens with one attached hydrogen (secondary N) is 2. The highest BCUT2D eigenvalue weighted by molar-refractivity contribution is 7.18. The molecule has 3 aromatic rings. The Morgan fingerprint density at radius 3 is 2.70 bits per heavy atom. The molecular formula is C15H13N3O3S2. The van der Waals surface area contributed by atoms with Gasteiger partial charge in [-0.2, -0.15) is 0 Å². The first-order chi connectivity index (χ1) is 11.0. The summed E-state index contributed by atoms with van der Waals surface area (Å²) in [5, 5.41) is 8.49. The van der Waals surface area contributed by atoms with Gasteiger partial charge in [0.05, 0.1) is 21.8 Å². The molecule has 2 N–H and O–H groups in total. The molecule has 0 fully saturated rings. The van der Waals surface area contributed by atoms with Crippen molar-refractivity contribution in [3.8, 4) is 0 Å². The van der Waals surface area contributed by atoms with E-state index in [0.717, 1.165) is 11.3 Å². The van der Waals surface area contributed by atoms with Crippen LogP contribution in [0.3, 0.4) is 0 Å². The summed E-state index contributed by atoms with van der Waals surface area (Å²) >= 11 is 2.58. The summed E-state index contributed by atoms with van der Waals surface area (Å²) in [6, 6.07) is 4.98. The summed E-state index contributed by atoms with van der Waals surface area (Å²) in [4.78, 5) is 29.0. The maximum atomic E-state index is 12.3. The fraction of sp³-hybridized carbons (Fsp3) is 0.133. The Hall–Kier alpha value is -2.45. The first-order valence-corrected chi connectivity index (χ1v) is 8.41. The summed E-state index contributed by atoms with van der Waals surface area (Å²) in [5.74, 6) is -0.362. The normalized spacial score (nSPS) is 10.5. The molecule has 0 aliphatic rings. The van der Waals surface area contributed by atoms with E-state index in [-0.39, 0.29) is 17.6 Å². The molecule has 0 bridgehead atoms. The summed E-state index contributed by atoms with van der Waals surface area (Å²) in [5.41, 5.74) is 1.65. The standard InChI is InChI=1S/C15H13N3O3S2/c1-8-6-11(17-13(19)10-4-3-5-21-10)23-12(8)14(20)18-15-16-9(2)7-22-15/h3-7H,1-2H3,(H,17,19)(H,16,18,20). The van der Waals surface area contributed by atoms with E-state index in [4.69, 9.17) is 4.42 Å². The number of anilines is 2. The molecule has 23 heavy (non-hydrogen) atoms. The van der Waals surface area contributed by atoms with E-state index < -0.39 is 0 Å². The van der Waals surface area contributed by atoms with Crippen LogP contribution >= 0.6 is 22.7 Å². The molecule has 3 rings (SSSR count). The van der Waals surface area contributed by atoms with Gasteiger partial charge in [-0.05, 0) is 37.6 Å². The topological polar surface area (TPSA) is 84.2 Å². The molecule has 0 saturated carbocycles. The van der Waals surface area contributed by atoms with Gasteiger partial charge < -0.3 is 9.73 Å². The largest absolute Gasteiger partial charge is 0.459 e. The lowest BCUT2D eigenvalue weighted by Gasteiger charge is -2.00. The molecule has 118 valence electrons. The van der Waals surface area contributed by atoms with Gasteiger partial charge in [0.1, 0.15) is 0 Å². The number of thiazole rings is 1. The predicted molar refractivity (Wildman–Crippen MR) is 90.5 cm³/mol. The molecule has 0 aliphatic carbocycles. The zero-order chi connectivity index (χ0) is 16.4. The van der Waals surface area contributed by atoms with Gasteiger partial charge in [0.25, 0.3) is 11.8 Å². The van der Waals surface area contributed by atoms with Crippen molar-refractivity contribution in [2.45, 2.75) is 13.8 Å². The Balaban J connectivity index is 1.72. The fourth-order valence-electron chi connectivity index (χ4n) is 1.92. The van der Waals surface area contributed by atoms with E-state index in [0.29, 0.717) is 15.0 Å². The lowest BCUT2D eigenvalue weighted by Crippen LogP contribution is -2.11. The maximum Gasteiger partial charge on any atom is 0.291 e. The van der Waals surface area contributed by atoms with E-state index in [2.05, 4.69) is 15.6 Å². The molecule has 0 atom stereocenters. The monoisotopic (exact) mass is 347 g/mol. The van der Waals surface area contributed by atoms with Crippen LogP contribution in [0.15, 0.2) is 34.3 Å². The Bertz CT molecular complexity index is 849. The molecule has 6 nitrogen and oxygen atoms in total. The van der Waals surface area contributed by atoms with Crippen LogP contribution in [0.5, 0.6) is 0 Å². The summed E-state index contributed by atoms with van der Waals surface area (Å²) in [7, 11) is 0. The third kappa shape index (κ3) is 3.49. The number of hydrogen-bond donors (Lipinski definition) is 2. The van der Waals surface area contributed by atoms with Crippen molar-refractivity contribution in [2.24, 2.45) is 0 Å². The van der Waals surface area contributed by atoms with Gasteiger partial charge in [-0.25, -0.2) is 4.98 Å². The summed E-state index contributed by atoms with van der Waals surface area (Å²) < 4.78 is 5.04. The zero-order valence-corrected chi connectivity index (χ0v) is 14.0. The summed E-state index contributed by atoms with van der Waals surface area (Å²) in [6.07, 6.45) is 1.43. The van der Waals surface area contributed by atoms with Crippen molar-refractivity contribution < 1.29 is 14.0 Å². The summed E-state index contributed by atoms with van der Waals surface area (Å²) in [6.45, 7) is 3.69. The van der Waals surface area contributed by atoms with Gasteiger partial charge in [0.15, 0.2) is 10.9 Å².